The number of aromatic nitrogens is 4. The predicted octanol–water partition coefficient (Wildman–Crippen LogP) is 4.66. The monoisotopic (exact) mass is 507 g/mol. The van der Waals surface area contributed by atoms with Gasteiger partial charge in [0, 0.05) is 30.0 Å². The van der Waals surface area contributed by atoms with E-state index in [0.29, 0.717) is 16.7 Å². The molecule has 4 aromatic rings. The number of carbonyl (C=O) groups is 1. The summed E-state index contributed by atoms with van der Waals surface area (Å²) >= 11 is 7.63. The van der Waals surface area contributed by atoms with Gasteiger partial charge in [0.05, 0.1) is 22.7 Å². The summed E-state index contributed by atoms with van der Waals surface area (Å²) in [6.07, 6.45) is 5.46. The highest BCUT2D eigenvalue weighted by Crippen LogP contribution is 2.48. The Bertz CT molecular complexity index is 1390. The summed E-state index contributed by atoms with van der Waals surface area (Å²) in [7, 11) is 0. The number of halogens is 1. The van der Waals surface area contributed by atoms with E-state index in [4.69, 9.17) is 16.3 Å². The minimum atomic E-state index is -0.886. The Balaban J connectivity index is 1.98. The normalized spacial score (nSPS) is 10.8. The molecular formula is C17H10ClN7O6S2. The number of nitrogens with zero attached hydrogens (tertiary/aromatic N) is 7. The molecule has 0 spiro atoms. The highest BCUT2D eigenvalue weighted by molar-refractivity contribution is 7.21. The molecule has 0 amide bonds. The van der Waals surface area contributed by atoms with Crippen molar-refractivity contribution in [2.24, 2.45) is 0 Å². The molecule has 0 unspecified atom stereocenters. The maximum atomic E-state index is 12.7. The summed E-state index contributed by atoms with van der Waals surface area (Å²) < 4.78 is 5.05. The van der Waals surface area contributed by atoms with Gasteiger partial charge in [-0.05, 0) is 29.6 Å². The SMILES string of the molecule is CCOC(=O)c1c(N(c2cnccn2)c2ncc3cc([N+](=O)[O-])sc3n2)sc([N+](=O)[O-])c1Cl. The zero-order valence-electron chi connectivity index (χ0n) is 16.4. The van der Waals surface area contributed by atoms with Gasteiger partial charge in [-0.1, -0.05) is 11.6 Å². The van der Waals surface area contributed by atoms with Crippen LogP contribution in [-0.2, 0) is 4.74 Å². The molecule has 0 bridgehead atoms. The molecule has 168 valence electrons. The Kier molecular flexibility index (Phi) is 6.08. The quantitative estimate of drug-likeness (QED) is 0.194. The molecule has 0 saturated heterocycles. The van der Waals surface area contributed by atoms with Gasteiger partial charge in [-0.3, -0.25) is 30.1 Å². The minimum Gasteiger partial charge on any atom is -0.462 e. The van der Waals surface area contributed by atoms with E-state index in [1.54, 1.807) is 6.92 Å². The molecule has 0 aliphatic heterocycles. The van der Waals surface area contributed by atoms with E-state index < -0.39 is 25.8 Å². The van der Waals surface area contributed by atoms with E-state index in [1.807, 2.05) is 0 Å². The summed E-state index contributed by atoms with van der Waals surface area (Å²) in [6.45, 7) is 1.58. The predicted molar refractivity (Wildman–Crippen MR) is 120 cm³/mol. The molecule has 13 nitrogen and oxygen atoms in total. The Morgan fingerprint density at radius 1 is 1.18 bits per heavy atom. The van der Waals surface area contributed by atoms with Gasteiger partial charge >= 0.3 is 16.0 Å². The average molecular weight is 508 g/mol. The Morgan fingerprint density at radius 3 is 2.61 bits per heavy atom. The lowest BCUT2D eigenvalue weighted by atomic mass is 10.3. The van der Waals surface area contributed by atoms with Gasteiger partial charge in [0.25, 0.3) is 0 Å². The standard InChI is InChI=1S/C17H10ClN7O6S2/c1-2-31-16(26)11-12(18)15(25(29)30)33-14(11)23(9-7-19-3-4-20-9)17-21-6-8-5-10(24(27)28)32-13(8)22-17/h3-7H,2H2,1H3. The number of hydrogen-bond donors (Lipinski definition) is 0. The van der Waals surface area contributed by atoms with Crippen molar-refractivity contribution in [3.8, 4) is 0 Å². The maximum absolute atomic E-state index is 12.7. The second-order valence-electron chi connectivity index (χ2n) is 6.05. The van der Waals surface area contributed by atoms with Crippen molar-refractivity contribution in [2.45, 2.75) is 6.92 Å². The van der Waals surface area contributed by atoms with Gasteiger partial charge in [-0.25, -0.2) is 19.7 Å². The highest BCUT2D eigenvalue weighted by atomic mass is 35.5. The number of esters is 1. The first kappa shape index (κ1) is 22.4. The second kappa shape index (κ2) is 8.97. The fourth-order valence-corrected chi connectivity index (χ4v) is 4.98. The fourth-order valence-electron chi connectivity index (χ4n) is 2.75. The van der Waals surface area contributed by atoms with Gasteiger partial charge in [0.2, 0.25) is 5.95 Å². The smallest absolute Gasteiger partial charge is 0.345 e. The largest absolute Gasteiger partial charge is 0.462 e. The van der Waals surface area contributed by atoms with Crippen molar-refractivity contribution in [3.63, 3.8) is 0 Å². The number of anilines is 3. The molecule has 4 aromatic heterocycles. The number of thiophene rings is 2. The van der Waals surface area contributed by atoms with Crippen molar-refractivity contribution < 1.29 is 19.4 Å². The molecule has 33 heavy (non-hydrogen) atoms. The third kappa shape index (κ3) is 4.15. The van der Waals surface area contributed by atoms with Crippen LogP contribution in [-0.4, -0.2) is 42.4 Å². The summed E-state index contributed by atoms with van der Waals surface area (Å²) in [5, 5.41) is 22.1. The van der Waals surface area contributed by atoms with Crippen LogP contribution >= 0.6 is 34.3 Å². The first-order valence-corrected chi connectivity index (χ1v) is 10.9. The van der Waals surface area contributed by atoms with E-state index in [1.165, 1.54) is 35.8 Å². The molecule has 16 heteroatoms. The zero-order valence-corrected chi connectivity index (χ0v) is 18.8. The van der Waals surface area contributed by atoms with Crippen LogP contribution in [0.15, 0.2) is 30.9 Å². The van der Waals surface area contributed by atoms with E-state index >= 15 is 0 Å². The molecule has 0 atom stereocenters. The topological polar surface area (TPSA) is 167 Å². The van der Waals surface area contributed by atoms with Crippen molar-refractivity contribution >= 4 is 77.2 Å². The number of carbonyl (C=O) groups excluding carboxylic acids is 1. The first-order valence-electron chi connectivity index (χ1n) is 8.92. The summed E-state index contributed by atoms with van der Waals surface area (Å²) in [6, 6.07) is 1.33. The molecule has 0 fully saturated rings. The third-order valence-electron chi connectivity index (χ3n) is 4.07. The molecule has 0 aliphatic carbocycles. The van der Waals surface area contributed by atoms with Gasteiger partial charge in [0.1, 0.15) is 20.4 Å². The van der Waals surface area contributed by atoms with Crippen LogP contribution < -0.4 is 4.90 Å². The summed E-state index contributed by atoms with van der Waals surface area (Å²) in [5.74, 6) is -0.817. The molecule has 0 radical (unpaired) electrons. The molecular weight excluding hydrogens is 498 g/mol. The van der Waals surface area contributed by atoms with E-state index in [9.17, 15) is 25.0 Å². The second-order valence-corrected chi connectivity index (χ2v) is 8.41. The van der Waals surface area contributed by atoms with Crippen LogP contribution in [0.1, 0.15) is 17.3 Å². The molecule has 0 aromatic carbocycles. The van der Waals surface area contributed by atoms with Gasteiger partial charge in [-0.2, -0.15) is 0 Å². The van der Waals surface area contributed by atoms with Crippen molar-refractivity contribution in [3.05, 3.63) is 61.7 Å². The first-order chi connectivity index (χ1) is 15.8. The average Bonchev–Trinajstić information content (AvgIpc) is 3.36. The van der Waals surface area contributed by atoms with Crippen LogP contribution in [0.4, 0.5) is 26.8 Å². The molecule has 0 N–H and O–H groups in total. The summed E-state index contributed by atoms with van der Waals surface area (Å²) in [5.41, 5.74) is -0.262. The van der Waals surface area contributed by atoms with Gasteiger partial charge in [0.15, 0.2) is 5.82 Å². The lowest BCUT2D eigenvalue weighted by Gasteiger charge is -2.20. The van der Waals surface area contributed by atoms with Crippen LogP contribution in [0.3, 0.4) is 0 Å². The van der Waals surface area contributed by atoms with Gasteiger partial charge in [-0.15, -0.1) is 0 Å². The van der Waals surface area contributed by atoms with Crippen molar-refractivity contribution in [1.82, 2.24) is 19.9 Å². The Hall–Kier alpha value is -3.82. The van der Waals surface area contributed by atoms with Crippen LogP contribution in [0.5, 0.6) is 0 Å². The molecule has 4 heterocycles. The van der Waals surface area contributed by atoms with Crippen LogP contribution in [0, 0.1) is 20.2 Å². The molecule has 4 rings (SSSR count). The maximum Gasteiger partial charge on any atom is 0.345 e. The fraction of sp³-hybridized carbons (Fsp3) is 0.118. The molecule has 0 aliphatic rings. The number of hydrogen-bond acceptors (Lipinski definition) is 13. The van der Waals surface area contributed by atoms with Crippen molar-refractivity contribution in [2.75, 3.05) is 11.5 Å². The number of fused-ring (bicyclic) bond motifs is 1. The number of rotatable bonds is 7. The Morgan fingerprint density at radius 2 is 1.97 bits per heavy atom. The van der Waals surface area contributed by atoms with Crippen LogP contribution in [0.2, 0.25) is 5.02 Å². The van der Waals surface area contributed by atoms with E-state index in [0.717, 1.165) is 11.3 Å². The lowest BCUT2D eigenvalue weighted by Crippen LogP contribution is -2.17. The lowest BCUT2D eigenvalue weighted by molar-refractivity contribution is -0.380. The van der Waals surface area contributed by atoms with Crippen molar-refractivity contribution in [1.29, 1.82) is 0 Å². The van der Waals surface area contributed by atoms with E-state index in [-0.39, 0.29) is 38.8 Å². The van der Waals surface area contributed by atoms with E-state index in [2.05, 4.69) is 19.9 Å². The number of ether oxygens (including phenoxy) is 1. The summed E-state index contributed by atoms with van der Waals surface area (Å²) in [4.78, 5) is 52.4. The zero-order chi connectivity index (χ0) is 23.7. The van der Waals surface area contributed by atoms with Gasteiger partial charge < -0.3 is 4.74 Å². The molecule has 0 saturated carbocycles. The highest BCUT2D eigenvalue weighted by Gasteiger charge is 2.35. The number of nitro groups is 2. The Labute approximate surface area is 196 Å². The third-order valence-corrected chi connectivity index (χ3v) is 6.67. The van der Waals surface area contributed by atoms with Crippen LogP contribution in [0.25, 0.3) is 10.2 Å². The minimum absolute atomic E-state index is 0.00467.